The van der Waals surface area contributed by atoms with Crippen molar-refractivity contribution in [2.24, 2.45) is 0 Å². The van der Waals surface area contributed by atoms with Crippen molar-refractivity contribution in [1.29, 1.82) is 0 Å². The lowest BCUT2D eigenvalue weighted by molar-refractivity contribution is -0.133. The van der Waals surface area contributed by atoms with Gasteiger partial charge in [-0.25, -0.2) is 0 Å². The largest absolute Gasteiger partial charge is 0.494 e. The molecule has 0 bridgehead atoms. The van der Waals surface area contributed by atoms with Crippen molar-refractivity contribution in [1.82, 2.24) is 15.1 Å². The number of para-hydroxylation sites is 1. The van der Waals surface area contributed by atoms with Crippen molar-refractivity contribution in [2.45, 2.75) is 51.6 Å². The van der Waals surface area contributed by atoms with Gasteiger partial charge in [0.25, 0.3) is 5.91 Å². The molecule has 49 heavy (non-hydrogen) atoms. The highest BCUT2D eigenvalue weighted by atomic mass is 35.5. The molecular weight excluding hydrogens is 644 g/mol. The molecule has 0 radical (unpaired) electrons. The van der Waals surface area contributed by atoms with Crippen LogP contribution >= 0.6 is 11.6 Å². The minimum absolute atomic E-state index is 0.177. The number of hydrogen-bond acceptors (Lipinski definition) is 7. The van der Waals surface area contributed by atoms with Gasteiger partial charge in [-0.2, -0.15) is 0 Å². The van der Waals surface area contributed by atoms with E-state index in [0.717, 1.165) is 48.7 Å². The first-order valence-corrected chi connectivity index (χ1v) is 17.3. The summed E-state index contributed by atoms with van der Waals surface area (Å²) in [5, 5.41) is 3.73. The molecule has 0 spiro atoms. The predicted octanol–water partition coefficient (Wildman–Crippen LogP) is 5.44. The van der Waals surface area contributed by atoms with Crippen LogP contribution < -0.4 is 20.4 Å². The average Bonchev–Trinajstić information content (AvgIpc) is 3.52. The van der Waals surface area contributed by atoms with Crippen molar-refractivity contribution >= 4 is 46.0 Å². The lowest BCUT2D eigenvalue weighted by Crippen LogP contribution is -2.55. The molecule has 1 N–H and O–H groups in total. The smallest absolute Gasteiger partial charge is 0.287 e. The first-order valence-electron chi connectivity index (χ1n) is 16.9. The van der Waals surface area contributed by atoms with Crippen LogP contribution in [0.25, 0.3) is 11.0 Å². The zero-order valence-electron chi connectivity index (χ0n) is 27.7. The van der Waals surface area contributed by atoms with Crippen LogP contribution in [0.2, 0.25) is 5.02 Å². The van der Waals surface area contributed by atoms with Crippen molar-refractivity contribution < 1.29 is 23.5 Å². The second-order valence-corrected chi connectivity index (χ2v) is 13.0. The SMILES string of the molecule is CCCCOc1ccc2oc(C(=O)N[C@H](Cc3ccc(Cl)cc3)C(=O)N3CCN(c4ccccc4CN4CCCC4=O)CC3)cc(=O)c2c1. The molecule has 0 unspecified atom stereocenters. The highest BCUT2D eigenvalue weighted by Crippen LogP contribution is 2.26. The monoisotopic (exact) mass is 684 g/mol. The van der Waals surface area contributed by atoms with Crippen molar-refractivity contribution in [3.05, 3.63) is 105 Å². The molecule has 10 nitrogen and oxygen atoms in total. The van der Waals surface area contributed by atoms with E-state index in [1.807, 2.05) is 29.2 Å². The van der Waals surface area contributed by atoms with Gasteiger partial charge in [-0.15, -0.1) is 0 Å². The minimum atomic E-state index is -0.913. The highest BCUT2D eigenvalue weighted by Gasteiger charge is 2.31. The standard InChI is InChI=1S/C38H41ClN4O6/c1-2-3-21-48-29-14-15-34-30(23-29)33(44)24-35(49-34)37(46)40-31(22-26-10-12-28(39)13-11-26)38(47)42-19-17-41(18-20-42)32-8-5-4-7-27(32)25-43-16-6-9-36(43)45/h4-5,7-8,10-15,23-24,31H,2-3,6,9,16-22,25H2,1H3,(H,40,46)/t31-/m1/s1. The number of likely N-dealkylation sites (tertiary alicyclic amines) is 1. The number of unbranched alkanes of at least 4 members (excludes halogenated alkanes) is 1. The fraction of sp³-hybridized carbons (Fsp3) is 0.368. The number of amides is 3. The summed E-state index contributed by atoms with van der Waals surface area (Å²) < 4.78 is 11.6. The van der Waals surface area contributed by atoms with Gasteiger partial charge in [0.1, 0.15) is 17.4 Å². The van der Waals surface area contributed by atoms with Gasteiger partial charge >= 0.3 is 0 Å². The Morgan fingerprint density at radius 2 is 1.73 bits per heavy atom. The molecule has 1 aromatic heterocycles. The third kappa shape index (κ3) is 8.25. The van der Waals surface area contributed by atoms with Crippen molar-refractivity contribution in [3.63, 3.8) is 0 Å². The number of carbonyl (C=O) groups excluding carboxylic acids is 3. The van der Waals surface area contributed by atoms with Crippen molar-refractivity contribution in [3.8, 4) is 5.75 Å². The molecule has 0 saturated carbocycles. The predicted molar refractivity (Wildman–Crippen MR) is 189 cm³/mol. The van der Waals surface area contributed by atoms with E-state index in [4.69, 9.17) is 20.8 Å². The van der Waals surface area contributed by atoms with E-state index >= 15 is 0 Å². The summed E-state index contributed by atoms with van der Waals surface area (Å²) in [7, 11) is 0. The summed E-state index contributed by atoms with van der Waals surface area (Å²) >= 11 is 6.11. The van der Waals surface area contributed by atoms with Crippen LogP contribution in [0.15, 0.2) is 82.0 Å². The molecule has 11 heteroatoms. The van der Waals surface area contributed by atoms with E-state index in [0.29, 0.717) is 61.9 Å². The molecule has 0 aliphatic carbocycles. The Labute approximate surface area is 290 Å². The maximum Gasteiger partial charge on any atom is 0.287 e. The Morgan fingerprint density at radius 1 is 0.959 bits per heavy atom. The number of piperazine rings is 1. The van der Waals surface area contributed by atoms with E-state index in [1.54, 1.807) is 35.2 Å². The molecule has 2 saturated heterocycles. The van der Waals surface area contributed by atoms with Crippen molar-refractivity contribution in [2.75, 3.05) is 44.2 Å². The maximum atomic E-state index is 14.1. The lowest BCUT2D eigenvalue weighted by Gasteiger charge is -2.38. The van der Waals surface area contributed by atoms with E-state index in [-0.39, 0.29) is 35.0 Å². The quantitative estimate of drug-likeness (QED) is 0.198. The normalized spacial score (nSPS) is 15.5. The second kappa shape index (κ2) is 15.6. The number of carbonyl (C=O) groups is 3. The van der Waals surface area contributed by atoms with Crippen LogP contribution in [0.3, 0.4) is 0 Å². The molecule has 2 fully saturated rings. The zero-order valence-corrected chi connectivity index (χ0v) is 28.4. The van der Waals surface area contributed by atoms with Crippen LogP contribution in [0, 0.1) is 0 Å². The van der Waals surface area contributed by atoms with Crippen LogP contribution in [-0.2, 0) is 22.6 Å². The third-order valence-electron chi connectivity index (χ3n) is 9.10. The van der Waals surface area contributed by atoms with E-state index in [2.05, 4.69) is 29.3 Å². The number of nitrogens with zero attached hydrogens (tertiary/aromatic N) is 3. The summed E-state index contributed by atoms with van der Waals surface area (Å²) in [6.07, 6.45) is 3.60. The minimum Gasteiger partial charge on any atom is -0.494 e. The topological polar surface area (TPSA) is 112 Å². The number of ether oxygens (including phenoxy) is 1. The number of anilines is 1. The second-order valence-electron chi connectivity index (χ2n) is 12.6. The molecule has 1 atom stereocenters. The summed E-state index contributed by atoms with van der Waals surface area (Å²) in [5.41, 5.74) is 2.85. The highest BCUT2D eigenvalue weighted by molar-refractivity contribution is 6.30. The first-order chi connectivity index (χ1) is 23.8. The summed E-state index contributed by atoms with van der Waals surface area (Å²) in [6, 6.07) is 20.4. The fourth-order valence-corrected chi connectivity index (χ4v) is 6.50. The van der Waals surface area contributed by atoms with Gasteiger partial charge in [0, 0.05) is 68.9 Å². The Balaban J connectivity index is 1.16. The maximum absolute atomic E-state index is 14.1. The molecular formula is C38H41ClN4O6. The van der Waals surface area contributed by atoms with Gasteiger partial charge in [-0.3, -0.25) is 19.2 Å². The Morgan fingerprint density at radius 3 is 2.47 bits per heavy atom. The summed E-state index contributed by atoms with van der Waals surface area (Å²) in [6.45, 7) is 6.06. The van der Waals surface area contributed by atoms with E-state index < -0.39 is 11.9 Å². The zero-order chi connectivity index (χ0) is 34.3. The summed E-state index contributed by atoms with van der Waals surface area (Å²) in [4.78, 5) is 58.9. The molecule has 3 heterocycles. The average molecular weight is 685 g/mol. The molecule has 3 aromatic carbocycles. The van der Waals surface area contributed by atoms with Crippen LogP contribution in [0.1, 0.15) is 54.3 Å². The molecule has 6 rings (SSSR count). The van der Waals surface area contributed by atoms with Gasteiger partial charge in [-0.1, -0.05) is 55.3 Å². The fourth-order valence-electron chi connectivity index (χ4n) is 6.38. The van der Waals surface area contributed by atoms with Gasteiger partial charge in [0.05, 0.1) is 12.0 Å². The number of hydrogen-bond donors (Lipinski definition) is 1. The third-order valence-corrected chi connectivity index (χ3v) is 9.35. The van der Waals surface area contributed by atoms with Crippen LogP contribution in [0.4, 0.5) is 5.69 Å². The Hall–Kier alpha value is -4.83. The molecule has 256 valence electrons. The van der Waals surface area contributed by atoms with E-state index in [1.165, 1.54) is 0 Å². The number of benzene rings is 3. The number of rotatable bonds is 12. The van der Waals surface area contributed by atoms with Gasteiger partial charge < -0.3 is 29.2 Å². The molecule has 2 aliphatic heterocycles. The van der Waals surface area contributed by atoms with Gasteiger partial charge in [0.15, 0.2) is 11.2 Å². The Kier molecular flexibility index (Phi) is 10.8. The van der Waals surface area contributed by atoms with Gasteiger partial charge in [0.2, 0.25) is 11.8 Å². The summed E-state index contributed by atoms with van der Waals surface area (Å²) in [5.74, 6) is -0.314. The van der Waals surface area contributed by atoms with Crippen LogP contribution in [-0.4, -0.2) is 72.9 Å². The number of fused-ring (bicyclic) bond motifs is 1. The Bertz CT molecular complexity index is 1870. The molecule has 2 aliphatic rings. The first kappa shape index (κ1) is 34.0. The molecule has 3 amide bonds. The van der Waals surface area contributed by atoms with Gasteiger partial charge in [-0.05, 0) is 60.4 Å². The van der Waals surface area contributed by atoms with E-state index in [9.17, 15) is 19.2 Å². The molecule has 4 aromatic rings. The van der Waals surface area contributed by atoms with Crippen LogP contribution in [0.5, 0.6) is 5.75 Å². The lowest BCUT2D eigenvalue weighted by atomic mass is 10.0. The number of nitrogens with one attached hydrogen (secondary N) is 1. The number of halogens is 1.